The van der Waals surface area contributed by atoms with E-state index in [0.29, 0.717) is 15.3 Å². The van der Waals surface area contributed by atoms with Crippen LogP contribution in [0.5, 0.6) is 0 Å². The summed E-state index contributed by atoms with van der Waals surface area (Å²) in [5, 5.41) is 3.99. The van der Waals surface area contributed by atoms with E-state index in [1.807, 2.05) is 0 Å². The molecular formula is C16H13FN2O2S. The number of aromatic nitrogens is 1. The number of rotatable bonds is 4. The van der Waals surface area contributed by atoms with Gasteiger partial charge in [-0.1, -0.05) is 0 Å². The number of hydrogen-bond donors (Lipinski definition) is 1. The van der Waals surface area contributed by atoms with Crippen LogP contribution in [-0.2, 0) is 4.74 Å². The van der Waals surface area contributed by atoms with Crippen molar-refractivity contribution in [2.45, 2.75) is 6.92 Å². The number of fused-ring (bicyclic) bond motifs is 1. The SMILES string of the molecule is CCOC(=O)c1sc2cc(F)ccc2c1Nc1ccncc1. The minimum absolute atomic E-state index is 0.288. The lowest BCUT2D eigenvalue weighted by molar-refractivity contribution is 0.0533. The number of esters is 1. The van der Waals surface area contributed by atoms with E-state index < -0.39 is 5.97 Å². The predicted octanol–water partition coefficient (Wildman–Crippen LogP) is 4.36. The maximum absolute atomic E-state index is 13.4. The fourth-order valence-corrected chi connectivity index (χ4v) is 3.19. The molecule has 0 radical (unpaired) electrons. The van der Waals surface area contributed by atoms with Crippen molar-refractivity contribution < 1.29 is 13.9 Å². The summed E-state index contributed by atoms with van der Waals surface area (Å²) in [6.45, 7) is 2.04. The lowest BCUT2D eigenvalue weighted by Crippen LogP contribution is -2.05. The molecule has 4 nitrogen and oxygen atoms in total. The summed E-state index contributed by atoms with van der Waals surface area (Å²) in [4.78, 5) is 16.5. The van der Waals surface area contributed by atoms with Crippen LogP contribution in [0.15, 0.2) is 42.7 Å². The summed E-state index contributed by atoms with van der Waals surface area (Å²) in [6.07, 6.45) is 3.31. The number of benzene rings is 1. The van der Waals surface area contributed by atoms with Gasteiger partial charge in [-0.25, -0.2) is 9.18 Å². The summed E-state index contributed by atoms with van der Waals surface area (Å²) in [7, 11) is 0. The standard InChI is InChI=1S/C16H13FN2O2S/c1-2-21-16(20)15-14(19-11-5-7-18-8-6-11)12-4-3-10(17)9-13(12)22-15/h3-9H,2H2,1H3,(H,18,19). The molecule has 0 aliphatic heterocycles. The Balaban J connectivity index is 2.12. The highest BCUT2D eigenvalue weighted by Crippen LogP contribution is 2.38. The van der Waals surface area contributed by atoms with Crippen LogP contribution in [0.4, 0.5) is 15.8 Å². The quantitative estimate of drug-likeness (QED) is 0.727. The van der Waals surface area contributed by atoms with Gasteiger partial charge in [-0.15, -0.1) is 11.3 Å². The third kappa shape index (κ3) is 2.78. The van der Waals surface area contributed by atoms with Crippen molar-refractivity contribution in [2.24, 2.45) is 0 Å². The van der Waals surface area contributed by atoms with Crippen LogP contribution in [0.25, 0.3) is 10.1 Å². The van der Waals surface area contributed by atoms with Gasteiger partial charge in [0.05, 0.1) is 12.3 Å². The lowest BCUT2D eigenvalue weighted by Gasteiger charge is -2.08. The van der Waals surface area contributed by atoms with Gasteiger partial charge in [-0.3, -0.25) is 4.98 Å². The molecule has 2 heterocycles. The normalized spacial score (nSPS) is 10.6. The number of ether oxygens (including phenoxy) is 1. The van der Waals surface area contributed by atoms with Crippen molar-refractivity contribution in [2.75, 3.05) is 11.9 Å². The number of thiophene rings is 1. The van der Waals surface area contributed by atoms with Crippen molar-refractivity contribution in [3.63, 3.8) is 0 Å². The second-order valence-electron chi connectivity index (χ2n) is 4.53. The molecular weight excluding hydrogens is 303 g/mol. The van der Waals surface area contributed by atoms with E-state index in [0.717, 1.165) is 11.1 Å². The average Bonchev–Trinajstić information content (AvgIpc) is 2.86. The molecule has 3 rings (SSSR count). The van der Waals surface area contributed by atoms with Gasteiger partial charge in [0.2, 0.25) is 0 Å². The maximum atomic E-state index is 13.4. The fraction of sp³-hybridized carbons (Fsp3) is 0.125. The van der Waals surface area contributed by atoms with Crippen molar-refractivity contribution in [3.05, 3.63) is 53.4 Å². The molecule has 0 fully saturated rings. The second kappa shape index (κ2) is 6.11. The third-order valence-electron chi connectivity index (χ3n) is 3.06. The summed E-state index contributed by atoms with van der Waals surface area (Å²) in [5.41, 5.74) is 1.43. The zero-order valence-corrected chi connectivity index (χ0v) is 12.6. The first-order valence-corrected chi connectivity index (χ1v) is 7.57. The molecule has 1 N–H and O–H groups in total. The summed E-state index contributed by atoms with van der Waals surface area (Å²) in [5.74, 6) is -0.750. The first kappa shape index (κ1) is 14.5. The smallest absolute Gasteiger partial charge is 0.350 e. The maximum Gasteiger partial charge on any atom is 0.350 e. The Labute approximate surface area is 130 Å². The van der Waals surface area contributed by atoms with Gasteiger partial charge in [0, 0.05) is 28.2 Å². The molecule has 0 unspecified atom stereocenters. The molecule has 6 heteroatoms. The van der Waals surface area contributed by atoms with E-state index in [1.165, 1.54) is 23.5 Å². The Kier molecular flexibility index (Phi) is 4.02. The number of pyridine rings is 1. The Bertz CT molecular complexity index is 818. The monoisotopic (exact) mass is 316 g/mol. The van der Waals surface area contributed by atoms with Crippen LogP contribution in [0.1, 0.15) is 16.6 Å². The molecule has 2 aromatic heterocycles. The largest absolute Gasteiger partial charge is 0.462 e. The molecule has 3 aromatic rings. The molecule has 0 aliphatic rings. The molecule has 22 heavy (non-hydrogen) atoms. The number of carbonyl (C=O) groups excluding carboxylic acids is 1. The molecule has 0 saturated heterocycles. The number of nitrogens with zero attached hydrogens (tertiary/aromatic N) is 1. The number of hydrogen-bond acceptors (Lipinski definition) is 5. The summed E-state index contributed by atoms with van der Waals surface area (Å²) < 4.78 is 19.2. The summed E-state index contributed by atoms with van der Waals surface area (Å²) in [6, 6.07) is 8.04. The minimum Gasteiger partial charge on any atom is -0.462 e. The third-order valence-corrected chi connectivity index (χ3v) is 4.20. The molecule has 112 valence electrons. The molecule has 1 aromatic carbocycles. The van der Waals surface area contributed by atoms with E-state index in [9.17, 15) is 9.18 Å². The number of carbonyl (C=O) groups is 1. The minimum atomic E-state index is -0.416. The van der Waals surface area contributed by atoms with Gasteiger partial charge in [-0.05, 0) is 37.3 Å². The van der Waals surface area contributed by atoms with Crippen molar-refractivity contribution in [1.82, 2.24) is 4.98 Å². The summed E-state index contributed by atoms with van der Waals surface area (Å²) >= 11 is 1.21. The second-order valence-corrected chi connectivity index (χ2v) is 5.58. The van der Waals surface area contributed by atoms with Gasteiger partial charge in [0.25, 0.3) is 0 Å². The van der Waals surface area contributed by atoms with E-state index in [2.05, 4.69) is 10.3 Å². The number of nitrogens with one attached hydrogen (secondary N) is 1. The van der Waals surface area contributed by atoms with Crippen LogP contribution in [-0.4, -0.2) is 17.6 Å². The van der Waals surface area contributed by atoms with Gasteiger partial charge in [0.1, 0.15) is 10.7 Å². The molecule has 0 aliphatic carbocycles. The lowest BCUT2D eigenvalue weighted by atomic mass is 10.2. The Morgan fingerprint density at radius 2 is 2.09 bits per heavy atom. The van der Waals surface area contributed by atoms with Crippen molar-refractivity contribution in [1.29, 1.82) is 0 Å². The molecule has 0 atom stereocenters. The van der Waals surface area contributed by atoms with E-state index in [1.54, 1.807) is 37.5 Å². The van der Waals surface area contributed by atoms with Crippen LogP contribution in [0, 0.1) is 5.82 Å². The zero-order chi connectivity index (χ0) is 15.5. The molecule has 0 spiro atoms. The fourth-order valence-electron chi connectivity index (χ4n) is 2.11. The average molecular weight is 316 g/mol. The predicted molar refractivity (Wildman–Crippen MR) is 85.3 cm³/mol. The first-order chi connectivity index (χ1) is 10.7. The highest BCUT2D eigenvalue weighted by atomic mass is 32.1. The van der Waals surface area contributed by atoms with E-state index in [4.69, 9.17) is 4.74 Å². The van der Waals surface area contributed by atoms with E-state index >= 15 is 0 Å². The van der Waals surface area contributed by atoms with E-state index in [-0.39, 0.29) is 12.4 Å². The van der Waals surface area contributed by atoms with Gasteiger partial charge in [-0.2, -0.15) is 0 Å². The van der Waals surface area contributed by atoms with Gasteiger partial charge in [0.15, 0.2) is 0 Å². The van der Waals surface area contributed by atoms with Crippen LogP contribution in [0.2, 0.25) is 0 Å². The highest BCUT2D eigenvalue weighted by Gasteiger charge is 2.20. The van der Waals surface area contributed by atoms with Gasteiger partial charge < -0.3 is 10.1 Å². The van der Waals surface area contributed by atoms with Crippen LogP contribution >= 0.6 is 11.3 Å². The Hall–Kier alpha value is -2.47. The molecule has 0 bridgehead atoms. The Morgan fingerprint density at radius 1 is 1.32 bits per heavy atom. The van der Waals surface area contributed by atoms with Crippen LogP contribution in [0.3, 0.4) is 0 Å². The van der Waals surface area contributed by atoms with Crippen LogP contribution < -0.4 is 5.32 Å². The molecule has 0 saturated carbocycles. The molecule has 0 amide bonds. The first-order valence-electron chi connectivity index (χ1n) is 6.75. The zero-order valence-electron chi connectivity index (χ0n) is 11.8. The topological polar surface area (TPSA) is 51.2 Å². The van der Waals surface area contributed by atoms with Crippen molar-refractivity contribution in [3.8, 4) is 0 Å². The van der Waals surface area contributed by atoms with Gasteiger partial charge >= 0.3 is 5.97 Å². The Morgan fingerprint density at radius 3 is 2.82 bits per heavy atom. The number of halogens is 1. The van der Waals surface area contributed by atoms with Crippen molar-refractivity contribution >= 4 is 38.8 Å². The number of anilines is 2. The highest BCUT2D eigenvalue weighted by molar-refractivity contribution is 7.21.